The predicted octanol–water partition coefficient (Wildman–Crippen LogP) is 5.66. The molecule has 0 atom stereocenters. The number of aryl methyl sites for hydroxylation is 2. The molecule has 0 saturated carbocycles. The molecule has 0 fully saturated rings. The lowest BCUT2D eigenvalue weighted by atomic mass is 10.1. The molecule has 1 aromatic carbocycles. The zero-order valence-electron chi connectivity index (χ0n) is 14.3. The molecule has 0 aliphatic heterocycles. The Kier molecular flexibility index (Phi) is 5.81. The van der Waals surface area contributed by atoms with Gasteiger partial charge in [-0.1, -0.05) is 13.8 Å². The van der Waals surface area contributed by atoms with Crippen molar-refractivity contribution in [2.45, 2.75) is 33.6 Å². The Balaban J connectivity index is 2.29. The highest BCUT2D eigenvalue weighted by molar-refractivity contribution is 9.10. The molecule has 0 amide bonds. The highest BCUT2D eigenvalue weighted by Crippen LogP contribution is 2.40. The van der Waals surface area contributed by atoms with Gasteiger partial charge >= 0.3 is 0 Å². The Morgan fingerprint density at radius 2 is 1.96 bits per heavy atom. The van der Waals surface area contributed by atoms with Gasteiger partial charge in [-0.25, -0.2) is 4.99 Å². The van der Waals surface area contributed by atoms with Crippen molar-refractivity contribution in [3.63, 3.8) is 0 Å². The largest absolute Gasteiger partial charge is 0.444 e. The van der Waals surface area contributed by atoms with Crippen molar-refractivity contribution in [2.24, 2.45) is 4.99 Å². The molecule has 23 heavy (non-hydrogen) atoms. The van der Waals surface area contributed by atoms with E-state index in [0.29, 0.717) is 5.92 Å². The number of halogens is 1. The monoisotopic (exact) mass is 395 g/mol. The van der Waals surface area contributed by atoms with Gasteiger partial charge in [0.2, 0.25) is 5.06 Å². The average molecular weight is 396 g/mol. The van der Waals surface area contributed by atoms with Crippen LogP contribution in [0.1, 0.15) is 36.6 Å². The van der Waals surface area contributed by atoms with Gasteiger partial charge in [0.25, 0.3) is 0 Å². The maximum Gasteiger partial charge on any atom is 0.214 e. The number of hydrogen-bond acceptors (Lipinski definition) is 4. The van der Waals surface area contributed by atoms with Gasteiger partial charge in [0.05, 0.1) is 22.2 Å². The molecule has 0 bridgehead atoms. The van der Waals surface area contributed by atoms with E-state index in [1.54, 1.807) is 6.34 Å². The summed E-state index contributed by atoms with van der Waals surface area (Å²) in [5, 5.41) is 0.792. The van der Waals surface area contributed by atoms with Crippen LogP contribution in [-0.4, -0.2) is 29.7 Å². The first kappa shape index (κ1) is 17.9. The van der Waals surface area contributed by atoms with Crippen molar-refractivity contribution in [1.29, 1.82) is 0 Å². The third kappa shape index (κ3) is 4.32. The third-order valence-corrected chi connectivity index (χ3v) is 5.07. The smallest absolute Gasteiger partial charge is 0.214 e. The maximum absolute atomic E-state index is 6.08. The Morgan fingerprint density at radius 1 is 1.26 bits per heavy atom. The zero-order valence-corrected chi connectivity index (χ0v) is 16.7. The Bertz CT molecular complexity index is 723. The molecule has 2 rings (SSSR count). The van der Waals surface area contributed by atoms with E-state index in [2.05, 4.69) is 39.1 Å². The summed E-state index contributed by atoms with van der Waals surface area (Å²) < 4.78 is 11.5. The zero-order chi connectivity index (χ0) is 17.1. The molecule has 0 saturated heterocycles. The van der Waals surface area contributed by atoms with Crippen molar-refractivity contribution < 1.29 is 4.74 Å². The summed E-state index contributed by atoms with van der Waals surface area (Å²) in [5.74, 6) is 1.20. The second-order valence-corrected chi connectivity index (χ2v) is 7.57. The fraction of sp³-hybridized carbons (Fsp3) is 0.412. The number of rotatable bonds is 5. The van der Waals surface area contributed by atoms with E-state index in [1.807, 2.05) is 45.0 Å². The molecule has 0 spiro atoms. The van der Waals surface area contributed by atoms with Crippen molar-refractivity contribution >= 4 is 39.5 Å². The van der Waals surface area contributed by atoms with Gasteiger partial charge < -0.3 is 9.64 Å². The normalized spacial score (nSPS) is 11.5. The van der Waals surface area contributed by atoms with E-state index in [1.165, 1.54) is 11.5 Å². The van der Waals surface area contributed by atoms with Crippen LogP contribution in [0.3, 0.4) is 0 Å². The number of aliphatic imine (C=N–C) groups is 1. The van der Waals surface area contributed by atoms with Gasteiger partial charge in [-0.3, -0.25) is 0 Å². The molecule has 1 heterocycles. The minimum absolute atomic E-state index is 0.364. The number of ether oxygens (including phenoxy) is 1. The van der Waals surface area contributed by atoms with Crippen LogP contribution in [0.4, 0.5) is 5.69 Å². The van der Waals surface area contributed by atoms with E-state index in [0.717, 1.165) is 37.8 Å². The van der Waals surface area contributed by atoms with Gasteiger partial charge in [0.1, 0.15) is 5.75 Å². The number of benzene rings is 1. The van der Waals surface area contributed by atoms with Crippen LogP contribution < -0.4 is 4.74 Å². The van der Waals surface area contributed by atoms with Gasteiger partial charge in [-0.15, -0.1) is 0 Å². The molecule has 0 aliphatic rings. The lowest BCUT2D eigenvalue weighted by molar-refractivity contribution is 0.488. The van der Waals surface area contributed by atoms with Crippen molar-refractivity contribution in [3.05, 3.63) is 33.4 Å². The third-order valence-electron chi connectivity index (χ3n) is 3.30. The van der Waals surface area contributed by atoms with Crippen molar-refractivity contribution in [2.75, 3.05) is 14.1 Å². The summed E-state index contributed by atoms with van der Waals surface area (Å²) in [6.45, 7) is 8.31. The van der Waals surface area contributed by atoms with Crippen LogP contribution >= 0.6 is 27.5 Å². The van der Waals surface area contributed by atoms with E-state index >= 15 is 0 Å². The first-order valence-corrected chi connectivity index (χ1v) is 9.01. The van der Waals surface area contributed by atoms with Crippen molar-refractivity contribution in [1.82, 2.24) is 9.27 Å². The van der Waals surface area contributed by atoms with Crippen LogP contribution in [0.25, 0.3) is 0 Å². The number of nitrogens with zero attached hydrogens (tertiary/aromatic N) is 3. The standard InChI is InChI=1S/C17H22BrN3OS/c1-10(2)16-15(18)17(23-20-16)22-14-8-11(3)13(7-12(14)4)19-9-21(5)6/h7-10H,1-6H3/b19-9-. The molecule has 0 radical (unpaired) electrons. The SMILES string of the molecule is Cc1cc(Oc2snc(C(C)C)c2Br)c(C)cc1/N=C\N(C)C. The lowest BCUT2D eigenvalue weighted by Crippen LogP contribution is -2.07. The summed E-state index contributed by atoms with van der Waals surface area (Å²) in [6, 6.07) is 4.07. The molecular formula is C17H22BrN3OS. The Morgan fingerprint density at radius 3 is 2.52 bits per heavy atom. The summed E-state index contributed by atoms with van der Waals surface area (Å²) in [6.07, 6.45) is 1.80. The van der Waals surface area contributed by atoms with Crippen LogP contribution in [0.15, 0.2) is 21.6 Å². The van der Waals surface area contributed by atoms with Gasteiger partial charge in [0.15, 0.2) is 0 Å². The quantitative estimate of drug-likeness (QED) is 0.484. The summed E-state index contributed by atoms with van der Waals surface area (Å²) in [5.41, 5.74) is 4.11. The van der Waals surface area contributed by atoms with E-state index < -0.39 is 0 Å². The van der Waals surface area contributed by atoms with Gasteiger partial charge in [-0.05, 0) is 59.0 Å². The minimum Gasteiger partial charge on any atom is -0.444 e. The maximum atomic E-state index is 6.08. The lowest BCUT2D eigenvalue weighted by Gasteiger charge is -2.11. The molecule has 0 N–H and O–H groups in total. The number of aromatic nitrogens is 1. The molecule has 1 aromatic heterocycles. The van der Waals surface area contributed by atoms with Crippen molar-refractivity contribution in [3.8, 4) is 10.8 Å². The van der Waals surface area contributed by atoms with Crippen LogP contribution in [0.5, 0.6) is 10.8 Å². The van der Waals surface area contributed by atoms with Gasteiger partial charge in [0, 0.05) is 25.6 Å². The van der Waals surface area contributed by atoms with E-state index in [-0.39, 0.29) is 0 Å². The molecule has 124 valence electrons. The van der Waals surface area contributed by atoms with E-state index in [4.69, 9.17) is 4.74 Å². The highest BCUT2D eigenvalue weighted by atomic mass is 79.9. The summed E-state index contributed by atoms with van der Waals surface area (Å²) in [4.78, 5) is 6.40. The number of hydrogen-bond donors (Lipinski definition) is 0. The first-order chi connectivity index (χ1) is 10.8. The first-order valence-electron chi connectivity index (χ1n) is 7.44. The minimum atomic E-state index is 0.364. The predicted molar refractivity (Wildman–Crippen MR) is 102 cm³/mol. The Hall–Kier alpha value is -1.40. The van der Waals surface area contributed by atoms with Crippen LogP contribution in [0, 0.1) is 13.8 Å². The molecule has 0 aliphatic carbocycles. The fourth-order valence-corrected chi connectivity index (χ4v) is 3.76. The fourth-order valence-electron chi connectivity index (χ4n) is 2.00. The summed E-state index contributed by atoms with van der Waals surface area (Å²) >= 11 is 4.98. The van der Waals surface area contributed by atoms with Crippen LogP contribution in [-0.2, 0) is 0 Å². The van der Waals surface area contributed by atoms with Crippen LogP contribution in [0.2, 0.25) is 0 Å². The highest BCUT2D eigenvalue weighted by Gasteiger charge is 2.17. The molecule has 4 nitrogen and oxygen atoms in total. The average Bonchev–Trinajstić information content (AvgIpc) is 2.82. The summed E-state index contributed by atoms with van der Waals surface area (Å²) in [7, 11) is 3.91. The van der Waals surface area contributed by atoms with E-state index in [9.17, 15) is 0 Å². The molecule has 6 heteroatoms. The molecular weight excluding hydrogens is 374 g/mol. The second-order valence-electron chi connectivity index (χ2n) is 6.04. The Labute approximate surface area is 150 Å². The van der Waals surface area contributed by atoms with Gasteiger partial charge in [-0.2, -0.15) is 4.37 Å². The second kappa shape index (κ2) is 7.45. The molecule has 0 unspecified atom stereocenters. The topological polar surface area (TPSA) is 37.7 Å². The molecule has 2 aromatic rings.